The highest BCUT2D eigenvalue weighted by Crippen LogP contribution is 2.05. The van der Waals surface area contributed by atoms with Crippen LogP contribution in [0, 0.1) is 20.8 Å². The summed E-state index contributed by atoms with van der Waals surface area (Å²) in [6.07, 6.45) is 0. The Morgan fingerprint density at radius 1 is 1.08 bits per heavy atom. The second kappa shape index (κ2) is 3.37. The van der Waals surface area contributed by atoms with E-state index in [1.54, 1.807) is 0 Å². The van der Waals surface area contributed by atoms with Gasteiger partial charge in [-0.25, -0.2) is 0 Å². The zero-order valence-electron chi connectivity index (χ0n) is 9.28. The van der Waals surface area contributed by atoms with Crippen LogP contribution in [0.2, 0.25) is 0 Å². The average molecular weight is 174 g/mol. The van der Waals surface area contributed by atoms with Crippen molar-refractivity contribution in [2.24, 2.45) is 0 Å². The third kappa shape index (κ3) is 1.67. The summed E-state index contributed by atoms with van der Waals surface area (Å²) in [5, 5.41) is 2.49. The fraction of sp³-hybridized carbons (Fsp3) is 0.385. The molecule has 0 heterocycles. The Morgan fingerprint density at radius 3 is 2.08 bits per heavy atom. The third-order valence-electron chi connectivity index (χ3n) is 2.83. The quantitative estimate of drug-likeness (QED) is 0.565. The van der Waals surface area contributed by atoms with Crippen molar-refractivity contribution in [2.45, 2.75) is 34.6 Å². The number of aryl methyl sites for hydroxylation is 1. The van der Waals surface area contributed by atoms with Crippen molar-refractivity contribution in [2.75, 3.05) is 0 Å². The van der Waals surface area contributed by atoms with Gasteiger partial charge in [-0.1, -0.05) is 18.2 Å². The highest BCUT2D eigenvalue weighted by molar-refractivity contribution is 5.45. The predicted octanol–water partition coefficient (Wildman–Crippen LogP) is 2.21. The molecule has 0 amide bonds. The zero-order chi connectivity index (χ0) is 10.2. The monoisotopic (exact) mass is 174 g/mol. The Bertz CT molecular complexity index is 432. The van der Waals surface area contributed by atoms with Gasteiger partial charge in [0.2, 0.25) is 0 Å². The van der Waals surface area contributed by atoms with Gasteiger partial charge >= 0.3 is 0 Å². The molecule has 0 fully saturated rings. The molecule has 0 radical (unpaired) electrons. The Hall–Kier alpha value is -1.04. The summed E-state index contributed by atoms with van der Waals surface area (Å²) in [7, 11) is 0. The lowest BCUT2D eigenvalue weighted by Gasteiger charge is -2.06. The molecular weight excluding hydrogens is 156 g/mol. The van der Waals surface area contributed by atoms with Crippen molar-refractivity contribution in [1.29, 1.82) is 0 Å². The Labute approximate surface area is 80.6 Å². The highest BCUT2D eigenvalue weighted by atomic mass is 14.0. The van der Waals surface area contributed by atoms with Crippen molar-refractivity contribution in [3.63, 3.8) is 0 Å². The van der Waals surface area contributed by atoms with E-state index in [1.807, 2.05) is 0 Å². The highest BCUT2D eigenvalue weighted by Gasteiger charge is 1.99. The second-order valence-electron chi connectivity index (χ2n) is 3.97. The van der Waals surface area contributed by atoms with Crippen LogP contribution >= 0.6 is 0 Å². The minimum atomic E-state index is 1.18. The molecule has 0 N–H and O–H groups in total. The summed E-state index contributed by atoms with van der Waals surface area (Å²) in [5.41, 5.74) is 5.41. The van der Waals surface area contributed by atoms with E-state index in [1.165, 1.54) is 32.7 Å². The van der Waals surface area contributed by atoms with E-state index in [2.05, 4.69) is 47.3 Å². The lowest BCUT2D eigenvalue weighted by atomic mass is 9.99. The molecule has 0 aromatic heterocycles. The molecule has 1 rings (SSSR count). The summed E-state index contributed by atoms with van der Waals surface area (Å²) >= 11 is 0. The van der Waals surface area contributed by atoms with Crippen LogP contribution in [0.5, 0.6) is 0 Å². The molecular formula is C13H18. The van der Waals surface area contributed by atoms with E-state index in [0.29, 0.717) is 0 Å². The molecule has 0 spiro atoms. The Balaban J connectivity index is 3.83. The van der Waals surface area contributed by atoms with Gasteiger partial charge in [0.25, 0.3) is 0 Å². The second-order valence-corrected chi connectivity index (χ2v) is 3.97. The zero-order valence-corrected chi connectivity index (χ0v) is 9.28. The van der Waals surface area contributed by atoms with Gasteiger partial charge in [0.05, 0.1) is 0 Å². The van der Waals surface area contributed by atoms with Crippen molar-refractivity contribution in [3.8, 4) is 0 Å². The standard InChI is InChI=1S/C13H18/c1-8(2)13-7-9(3)10(4)11(5)12(13)6/h7H,6H2,1-5H3. The molecule has 0 aliphatic rings. The largest absolute Gasteiger partial charge is 0.0909 e. The number of hydrogen-bond donors (Lipinski definition) is 0. The van der Waals surface area contributed by atoms with Gasteiger partial charge in [0.15, 0.2) is 0 Å². The van der Waals surface area contributed by atoms with Gasteiger partial charge in [-0.2, -0.15) is 0 Å². The smallest absolute Gasteiger partial charge is 0.0198 e. The first-order valence-corrected chi connectivity index (χ1v) is 4.68. The van der Waals surface area contributed by atoms with Gasteiger partial charge in [0, 0.05) is 0 Å². The molecule has 0 aliphatic carbocycles. The minimum Gasteiger partial charge on any atom is -0.0909 e. The summed E-state index contributed by atoms with van der Waals surface area (Å²) in [6.45, 7) is 14.9. The SMILES string of the molecule is C=c1c(C)c(C)c(C)cc1=C(C)C. The number of hydrogen-bond acceptors (Lipinski definition) is 0. The minimum absolute atomic E-state index is 1.18. The molecule has 0 nitrogen and oxygen atoms in total. The maximum atomic E-state index is 4.12. The number of benzene rings is 1. The summed E-state index contributed by atoms with van der Waals surface area (Å²) < 4.78 is 0. The van der Waals surface area contributed by atoms with Gasteiger partial charge in [-0.15, -0.1) is 0 Å². The first-order valence-electron chi connectivity index (χ1n) is 4.68. The van der Waals surface area contributed by atoms with Crippen molar-refractivity contribution >= 4 is 12.2 Å². The van der Waals surface area contributed by atoms with Crippen molar-refractivity contribution in [3.05, 3.63) is 33.2 Å². The molecule has 0 heteroatoms. The maximum Gasteiger partial charge on any atom is -0.0198 e. The molecule has 0 bridgehead atoms. The molecule has 13 heavy (non-hydrogen) atoms. The van der Waals surface area contributed by atoms with Gasteiger partial charge in [0.1, 0.15) is 0 Å². The van der Waals surface area contributed by atoms with E-state index < -0.39 is 0 Å². The molecule has 0 saturated heterocycles. The van der Waals surface area contributed by atoms with E-state index in [9.17, 15) is 0 Å². The van der Waals surface area contributed by atoms with Crippen LogP contribution in [0.1, 0.15) is 30.5 Å². The Morgan fingerprint density at radius 2 is 1.62 bits per heavy atom. The van der Waals surface area contributed by atoms with Gasteiger partial charge in [-0.05, 0) is 61.7 Å². The first kappa shape index (κ1) is 10.0. The summed E-state index contributed by atoms with van der Waals surface area (Å²) in [4.78, 5) is 0. The molecule has 0 unspecified atom stereocenters. The van der Waals surface area contributed by atoms with Crippen LogP contribution in [0.25, 0.3) is 12.2 Å². The van der Waals surface area contributed by atoms with E-state index >= 15 is 0 Å². The van der Waals surface area contributed by atoms with Crippen molar-refractivity contribution < 1.29 is 0 Å². The molecule has 1 aromatic carbocycles. The maximum absolute atomic E-state index is 4.12. The molecule has 0 aliphatic heterocycles. The van der Waals surface area contributed by atoms with Crippen LogP contribution in [0.15, 0.2) is 6.07 Å². The fourth-order valence-corrected chi connectivity index (χ4v) is 1.58. The Kier molecular flexibility index (Phi) is 2.60. The average Bonchev–Trinajstić information content (AvgIpc) is 2.07. The van der Waals surface area contributed by atoms with Crippen LogP contribution < -0.4 is 10.4 Å². The first-order chi connectivity index (χ1) is 5.95. The molecule has 0 saturated carbocycles. The fourth-order valence-electron chi connectivity index (χ4n) is 1.58. The van der Waals surface area contributed by atoms with Crippen LogP contribution in [0.3, 0.4) is 0 Å². The predicted molar refractivity (Wildman–Crippen MR) is 60.2 cm³/mol. The third-order valence-corrected chi connectivity index (χ3v) is 2.83. The summed E-state index contributed by atoms with van der Waals surface area (Å²) in [6, 6.07) is 2.24. The van der Waals surface area contributed by atoms with E-state index in [-0.39, 0.29) is 0 Å². The van der Waals surface area contributed by atoms with Crippen LogP contribution in [0.4, 0.5) is 0 Å². The summed E-state index contributed by atoms with van der Waals surface area (Å²) in [5.74, 6) is 0. The molecule has 70 valence electrons. The van der Waals surface area contributed by atoms with Gasteiger partial charge in [-0.3, -0.25) is 0 Å². The molecule has 1 aromatic rings. The van der Waals surface area contributed by atoms with Crippen molar-refractivity contribution in [1.82, 2.24) is 0 Å². The normalized spacial score (nSPS) is 10.2. The van der Waals surface area contributed by atoms with E-state index in [4.69, 9.17) is 0 Å². The molecule has 0 atom stereocenters. The van der Waals surface area contributed by atoms with Crippen LogP contribution in [-0.4, -0.2) is 0 Å². The van der Waals surface area contributed by atoms with Crippen LogP contribution in [-0.2, 0) is 0 Å². The lowest BCUT2D eigenvalue weighted by Crippen LogP contribution is -2.28. The van der Waals surface area contributed by atoms with E-state index in [0.717, 1.165) is 0 Å². The topological polar surface area (TPSA) is 0 Å². The lowest BCUT2D eigenvalue weighted by molar-refractivity contribution is 1.21. The number of rotatable bonds is 0. The van der Waals surface area contributed by atoms with Gasteiger partial charge < -0.3 is 0 Å².